The topological polar surface area (TPSA) is 108 Å². The van der Waals surface area contributed by atoms with Crippen molar-refractivity contribution in [1.29, 1.82) is 0 Å². The van der Waals surface area contributed by atoms with Gasteiger partial charge in [-0.25, -0.2) is 9.37 Å². The molecule has 0 radical (unpaired) electrons. The Morgan fingerprint density at radius 2 is 1.87 bits per heavy atom. The van der Waals surface area contributed by atoms with E-state index in [9.17, 15) is 9.18 Å². The number of carbonyl (C=O) groups is 1. The van der Waals surface area contributed by atoms with Crippen LogP contribution in [0, 0.1) is 5.82 Å². The summed E-state index contributed by atoms with van der Waals surface area (Å²) in [6.45, 7) is 2.43. The Kier molecular flexibility index (Phi) is 6.20. The maximum Gasteiger partial charge on any atom is 0.253 e. The first-order valence-corrected chi connectivity index (χ1v) is 12.4. The van der Waals surface area contributed by atoms with E-state index in [0.717, 1.165) is 0 Å². The third kappa shape index (κ3) is 4.34. The zero-order chi connectivity index (χ0) is 26.1. The number of rotatable bonds is 7. The second-order valence-corrected chi connectivity index (χ2v) is 9.05. The zero-order valence-electron chi connectivity index (χ0n) is 20.6. The number of benzene rings is 2. The molecule has 5 aromatic rings. The van der Waals surface area contributed by atoms with Gasteiger partial charge in [-0.05, 0) is 56.2 Å². The third-order valence-electron chi connectivity index (χ3n) is 6.64. The standard InChI is InChI=1S/C28H24FN7O2/c1-2-38-19-10-11-23(32-16-19)27-35-34-26(36(27)24-9-4-3-7-21(24)29)17-14-18(15-17)33-28(37)20-6-5-8-22-25(20)31-13-12-30-22/h3-13,16-18H,2,14-15H2,1H3,(H,33,37). The molecular formula is C28H24FN7O2. The first-order valence-electron chi connectivity index (χ1n) is 12.4. The molecule has 3 aromatic heterocycles. The van der Waals surface area contributed by atoms with E-state index >= 15 is 0 Å². The van der Waals surface area contributed by atoms with Crippen LogP contribution in [0.25, 0.3) is 28.2 Å². The first-order chi connectivity index (χ1) is 18.6. The normalized spacial score (nSPS) is 16.7. The number of nitrogens with zero attached hydrogens (tertiary/aromatic N) is 6. The van der Waals surface area contributed by atoms with Crippen molar-refractivity contribution in [2.45, 2.75) is 31.7 Å². The molecule has 0 aliphatic heterocycles. The Bertz CT molecular complexity index is 1610. The minimum atomic E-state index is -0.387. The lowest BCUT2D eigenvalue weighted by Gasteiger charge is -2.35. The highest BCUT2D eigenvalue weighted by Crippen LogP contribution is 2.39. The summed E-state index contributed by atoms with van der Waals surface area (Å²) in [5, 5.41) is 11.9. The van der Waals surface area contributed by atoms with E-state index in [2.05, 4.69) is 30.5 Å². The number of amides is 1. The number of fused-ring (bicyclic) bond motifs is 1. The smallest absolute Gasteiger partial charge is 0.253 e. The van der Waals surface area contributed by atoms with E-state index in [1.807, 2.05) is 13.0 Å². The minimum Gasteiger partial charge on any atom is -0.492 e. The summed E-state index contributed by atoms with van der Waals surface area (Å²) in [4.78, 5) is 26.1. The van der Waals surface area contributed by atoms with Gasteiger partial charge in [0.25, 0.3) is 5.91 Å². The molecule has 1 aliphatic carbocycles. The first kappa shape index (κ1) is 23.7. The van der Waals surface area contributed by atoms with Crippen LogP contribution in [0.4, 0.5) is 4.39 Å². The van der Waals surface area contributed by atoms with Crippen LogP contribution in [-0.4, -0.2) is 48.3 Å². The molecule has 1 amide bonds. The Morgan fingerprint density at radius 3 is 2.66 bits per heavy atom. The summed E-state index contributed by atoms with van der Waals surface area (Å²) < 4.78 is 22.2. The number of hydrogen-bond acceptors (Lipinski definition) is 7. The van der Waals surface area contributed by atoms with Gasteiger partial charge in [-0.3, -0.25) is 19.3 Å². The molecule has 0 spiro atoms. The number of hydrogen-bond donors (Lipinski definition) is 1. The van der Waals surface area contributed by atoms with Gasteiger partial charge in [0.15, 0.2) is 5.82 Å². The number of pyridine rings is 1. The number of ether oxygens (including phenoxy) is 1. The quantitative estimate of drug-likeness (QED) is 0.345. The summed E-state index contributed by atoms with van der Waals surface area (Å²) in [6.07, 6.45) is 6.08. The van der Waals surface area contributed by atoms with Crippen LogP contribution in [0.2, 0.25) is 0 Å². The minimum absolute atomic E-state index is 0.0174. The molecule has 1 N–H and O–H groups in total. The lowest BCUT2D eigenvalue weighted by Crippen LogP contribution is -2.44. The van der Waals surface area contributed by atoms with Crippen LogP contribution < -0.4 is 10.1 Å². The lowest BCUT2D eigenvalue weighted by molar-refractivity contribution is 0.0908. The summed E-state index contributed by atoms with van der Waals surface area (Å²) in [5.74, 6) is 1.10. The van der Waals surface area contributed by atoms with Gasteiger partial charge in [-0.1, -0.05) is 18.2 Å². The number of carbonyl (C=O) groups excluding carboxylic acids is 1. The molecule has 1 saturated carbocycles. The molecule has 3 heterocycles. The SMILES string of the molecule is CCOc1ccc(-c2nnc(C3CC(NC(=O)c4cccc5nccnc45)C3)n2-c2ccccc2F)nc1. The lowest BCUT2D eigenvalue weighted by atomic mass is 9.79. The fraction of sp³-hybridized carbons (Fsp3) is 0.214. The molecule has 10 heteroatoms. The number of nitrogens with one attached hydrogen (secondary N) is 1. The molecular weight excluding hydrogens is 485 g/mol. The second-order valence-electron chi connectivity index (χ2n) is 9.05. The Balaban J connectivity index is 1.25. The maximum absolute atomic E-state index is 15.0. The van der Waals surface area contributed by atoms with Crippen molar-refractivity contribution in [2.75, 3.05) is 6.61 Å². The van der Waals surface area contributed by atoms with Gasteiger partial charge in [0, 0.05) is 24.4 Å². The van der Waals surface area contributed by atoms with Crippen molar-refractivity contribution in [3.8, 4) is 23.0 Å². The van der Waals surface area contributed by atoms with Crippen molar-refractivity contribution in [2.24, 2.45) is 0 Å². The molecule has 9 nitrogen and oxygen atoms in total. The van der Waals surface area contributed by atoms with E-state index in [-0.39, 0.29) is 23.7 Å². The molecule has 38 heavy (non-hydrogen) atoms. The second kappa shape index (κ2) is 9.97. The molecule has 1 aliphatic rings. The highest BCUT2D eigenvalue weighted by molar-refractivity contribution is 6.04. The molecule has 0 saturated heterocycles. The van der Waals surface area contributed by atoms with E-state index in [4.69, 9.17) is 4.74 Å². The molecule has 6 rings (SSSR count). The highest BCUT2D eigenvalue weighted by atomic mass is 19.1. The Morgan fingerprint density at radius 1 is 1.03 bits per heavy atom. The van der Waals surface area contributed by atoms with Crippen molar-refractivity contribution < 1.29 is 13.9 Å². The van der Waals surface area contributed by atoms with Gasteiger partial charge >= 0.3 is 0 Å². The Hall–Kier alpha value is -4.73. The largest absolute Gasteiger partial charge is 0.492 e. The summed E-state index contributed by atoms with van der Waals surface area (Å²) >= 11 is 0. The van der Waals surface area contributed by atoms with Crippen LogP contribution in [0.15, 0.2) is 73.2 Å². The molecule has 1 fully saturated rings. The monoisotopic (exact) mass is 509 g/mol. The number of aromatic nitrogens is 6. The van der Waals surface area contributed by atoms with Crippen LogP contribution >= 0.6 is 0 Å². The van der Waals surface area contributed by atoms with Crippen molar-refractivity contribution >= 4 is 16.9 Å². The van der Waals surface area contributed by atoms with Gasteiger partial charge in [0.2, 0.25) is 0 Å². The Labute approximate surface area is 217 Å². The third-order valence-corrected chi connectivity index (χ3v) is 6.64. The van der Waals surface area contributed by atoms with Crippen LogP contribution in [0.5, 0.6) is 5.75 Å². The van der Waals surface area contributed by atoms with Crippen LogP contribution in [0.3, 0.4) is 0 Å². The zero-order valence-corrected chi connectivity index (χ0v) is 20.6. The number of halogens is 1. The number of para-hydroxylation sites is 2. The van der Waals surface area contributed by atoms with E-state index in [1.165, 1.54) is 6.07 Å². The van der Waals surface area contributed by atoms with E-state index in [0.29, 0.717) is 64.8 Å². The predicted molar refractivity (Wildman–Crippen MR) is 138 cm³/mol. The molecule has 0 unspecified atom stereocenters. The molecule has 0 atom stereocenters. The van der Waals surface area contributed by atoms with Gasteiger partial charge in [0.1, 0.15) is 28.6 Å². The summed E-state index contributed by atoms with van der Waals surface area (Å²) in [5.41, 5.74) is 2.62. The van der Waals surface area contributed by atoms with Crippen molar-refractivity contribution in [1.82, 2.24) is 35.0 Å². The average Bonchev–Trinajstić information content (AvgIpc) is 3.35. The molecule has 0 bridgehead atoms. The van der Waals surface area contributed by atoms with Crippen molar-refractivity contribution in [3.05, 3.63) is 90.4 Å². The maximum atomic E-state index is 15.0. The van der Waals surface area contributed by atoms with Gasteiger partial charge in [0.05, 0.1) is 29.6 Å². The molecule has 190 valence electrons. The van der Waals surface area contributed by atoms with Gasteiger partial charge in [-0.15, -0.1) is 10.2 Å². The van der Waals surface area contributed by atoms with Gasteiger partial charge in [-0.2, -0.15) is 0 Å². The van der Waals surface area contributed by atoms with Gasteiger partial charge < -0.3 is 10.1 Å². The van der Waals surface area contributed by atoms with Crippen LogP contribution in [-0.2, 0) is 0 Å². The van der Waals surface area contributed by atoms with E-state index in [1.54, 1.807) is 65.6 Å². The fourth-order valence-corrected chi connectivity index (χ4v) is 4.75. The molecule has 2 aromatic carbocycles. The highest BCUT2D eigenvalue weighted by Gasteiger charge is 2.36. The van der Waals surface area contributed by atoms with Crippen LogP contribution in [0.1, 0.15) is 41.9 Å². The van der Waals surface area contributed by atoms with E-state index < -0.39 is 0 Å². The fourth-order valence-electron chi connectivity index (χ4n) is 4.75. The summed E-state index contributed by atoms with van der Waals surface area (Å²) in [6, 6.07) is 15.4. The average molecular weight is 510 g/mol. The summed E-state index contributed by atoms with van der Waals surface area (Å²) in [7, 11) is 0. The predicted octanol–water partition coefficient (Wildman–Crippen LogP) is 4.49. The van der Waals surface area contributed by atoms with Crippen molar-refractivity contribution in [3.63, 3.8) is 0 Å².